The number of ether oxygens (including phenoxy) is 1. The Labute approximate surface area is 162 Å². The van der Waals surface area contributed by atoms with E-state index in [1.54, 1.807) is 37.6 Å². The van der Waals surface area contributed by atoms with Crippen LogP contribution in [0.3, 0.4) is 0 Å². The zero-order chi connectivity index (χ0) is 20.9. The van der Waals surface area contributed by atoms with Gasteiger partial charge in [0.05, 0.1) is 6.26 Å². The zero-order valence-corrected chi connectivity index (χ0v) is 16.1. The number of rotatable bonds is 7. The van der Waals surface area contributed by atoms with E-state index in [0.29, 0.717) is 12.4 Å². The van der Waals surface area contributed by atoms with Gasteiger partial charge in [-0.05, 0) is 30.7 Å². The van der Waals surface area contributed by atoms with Crippen LogP contribution in [-0.4, -0.2) is 54.6 Å². The van der Waals surface area contributed by atoms with Gasteiger partial charge in [0.15, 0.2) is 5.54 Å². The number of nitrogens with one attached hydrogen (secondary N) is 2. The van der Waals surface area contributed by atoms with E-state index in [1.165, 1.54) is 26.5 Å². The predicted molar refractivity (Wildman–Crippen MR) is 99.4 cm³/mol. The quantitative estimate of drug-likeness (QED) is 0.371. The molecule has 2 aromatic rings. The van der Waals surface area contributed by atoms with Crippen LogP contribution in [0.4, 0.5) is 0 Å². The molecule has 0 aliphatic rings. The Morgan fingerprint density at radius 1 is 1.18 bits per heavy atom. The average molecular weight is 389 g/mol. The van der Waals surface area contributed by atoms with E-state index in [9.17, 15) is 14.4 Å². The average Bonchev–Trinajstić information content (AvgIpc) is 3.19. The molecule has 0 aliphatic heterocycles. The van der Waals surface area contributed by atoms with Crippen LogP contribution in [0.25, 0.3) is 11.1 Å². The molecule has 150 valence electrons. The molecule has 3 amide bonds. The minimum Gasteiger partial charge on any atom is -0.466 e. The first-order chi connectivity index (χ1) is 13.3. The number of nitrogens with zero attached hydrogens (tertiary/aromatic N) is 1. The third kappa shape index (κ3) is 3.90. The van der Waals surface area contributed by atoms with Crippen LogP contribution in [0.15, 0.2) is 41.0 Å². The van der Waals surface area contributed by atoms with Crippen molar-refractivity contribution >= 4 is 17.7 Å². The molecule has 1 aromatic heterocycles. The summed E-state index contributed by atoms with van der Waals surface area (Å²) in [6.45, 7) is 1.60. The Bertz CT molecular complexity index is 843. The van der Waals surface area contributed by atoms with Crippen LogP contribution in [-0.2, 0) is 20.9 Å². The van der Waals surface area contributed by atoms with Crippen molar-refractivity contribution in [1.82, 2.24) is 15.7 Å². The molecule has 0 bridgehead atoms. The number of methoxy groups -OCH3 is 1. The minimum absolute atomic E-state index is 0.271. The van der Waals surface area contributed by atoms with Gasteiger partial charge in [0.25, 0.3) is 17.7 Å². The van der Waals surface area contributed by atoms with E-state index in [0.717, 1.165) is 16.0 Å². The summed E-state index contributed by atoms with van der Waals surface area (Å²) in [5, 5.41) is 11.3. The summed E-state index contributed by atoms with van der Waals surface area (Å²) in [7, 11) is 4.22. The summed E-state index contributed by atoms with van der Waals surface area (Å²) in [5.74, 6) is -1.65. The Morgan fingerprint density at radius 2 is 1.82 bits per heavy atom. The van der Waals surface area contributed by atoms with Crippen molar-refractivity contribution in [3.8, 4) is 11.1 Å². The predicted octanol–water partition coefficient (Wildman–Crippen LogP) is 1.18. The maximum Gasteiger partial charge on any atom is 0.278 e. The number of amides is 3. The third-order valence-electron chi connectivity index (χ3n) is 4.59. The second-order valence-corrected chi connectivity index (χ2v) is 6.27. The Hall–Kier alpha value is -3.17. The summed E-state index contributed by atoms with van der Waals surface area (Å²) in [6, 6.07) is 8.45. The van der Waals surface area contributed by atoms with Crippen LogP contribution >= 0.6 is 0 Å². The molecule has 0 saturated heterocycles. The summed E-state index contributed by atoms with van der Waals surface area (Å²) in [6.07, 6.45) is 1.59. The first kappa shape index (κ1) is 21.1. The molecule has 9 nitrogen and oxygen atoms in total. The van der Waals surface area contributed by atoms with Crippen molar-refractivity contribution in [3.05, 3.63) is 47.9 Å². The SMILES string of the molecule is CNC(=O)C(C)(C(=O)NO)N(C)C(=O)c1ccc(-c2coc(COC)c2)cc1. The number of hydroxylamine groups is 1. The Morgan fingerprint density at radius 3 is 2.36 bits per heavy atom. The van der Waals surface area contributed by atoms with Crippen LogP contribution in [0.5, 0.6) is 0 Å². The first-order valence-corrected chi connectivity index (χ1v) is 8.41. The standard InChI is InChI=1S/C19H23N3O6/c1-19(17(24)20-2,18(25)21-26)22(3)16(23)13-7-5-12(6-8-13)14-9-15(11-27-4)28-10-14/h5-10,26H,11H2,1-4H3,(H,20,24)(H,21,25). The van der Waals surface area contributed by atoms with E-state index < -0.39 is 23.3 Å². The molecule has 0 spiro atoms. The molecule has 1 heterocycles. The van der Waals surface area contributed by atoms with Crippen molar-refractivity contribution in [2.75, 3.05) is 21.2 Å². The van der Waals surface area contributed by atoms with E-state index >= 15 is 0 Å². The van der Waals surface area contributed by atoms with Crippen molar-refractivity contribution in [1.29, 1.82) is 0 Å². The molecule has 3 N–H and O–H groups in total. The van der Waals surface area contributed by atoms with Crippen molar-refractivity contribution in [2.24, 2.45) is 0 Å². The normalized spacial score (nSPS) is 12.8. The number of furan rings is 1. The van der Waals surface area contributed by atoms with Crippen LogP contribution < -0.4 is 10.8 Å². The van der Waals surface area contributed by atoms with E-state index in [2.05, 4.69) is 5.32 Å². The van der Waals surface area contributed by atoms with Gasteiger partial charge >= 0.3 is 0 Å². The zero-order valence-electron chi connectivity index (χ0n) is 16.1. The fourth-order valence-corrected chi connectivity index (χ4v) is 2.71. The highest BCUT2D eigenvalue weighted by Crippen LogP contribution is 2.24. The smallest absolute Gasteiger partial charge is 0.278 e. The Balaban J connectivity index is 2.27. The summed E-state index contributed by atoms with van der Waals surface area (Å²) in [4.78, 5) is 38.1. The Kier molecular flexibility index (Phi) is 6.55. The fraction of sp³-hybridized carbons (Fsp3) is 0.316. The number of hydrogen-bond acceptors (Lipinski definition) is 6. The van der Waals surface area contributed by atoms with Gasteiger partial charge in [0.2, 0.25) is 0 Å². The summed E-state index contributed by atoms with van der Waals surface area (Å²) in [5.41, 5.74) is 1.43. The van der Waals surface area contributed by atoms with Crippen LogP contribution in [0, 0.1) is 0 Å². The highest BCUT2D eigenvalue weighted by molar-refractivity contribution is 6.12. The lowest BCUT2D eigenvalue weighted by Crippen LogP contribution is -2.64. The van der Waals surface area contributed by atoms with Gasteiger partial charge < -0.3 is 19.4 Å². The number of hydrogen-bond donors (Lipinski definition) is 3. The molecule has 9 heteroatoms. The van der Waals surface area contributed by atoms with E-state index in [4.69, 9.17) is 14.4 Å². The second kappa shape index (κ2) is 8.68. The molecule has 0 aliphatic carbocycles. The van der Waals surface area contributed by atoms with Gasteiger partial charge in [0, 0.05) is 32.3 Å². The highest BCUT2D eigenvalue weighted by Gasteiger charge is 2.47. The van der Waals surface area contributed by atoms with Gasteiger partial charge in [-0.25, -0.2) is 5.48 Å². The van der Waals surface area contributed by atoms with Gasteiger partial charge in [-0.15, -0.1) is 0 Å². The van der Waals surface area contributed by atoms with Crippen LogP contribution in [0.2, 0.25) is 0 Å². The highest BCUT2D eigenvalue weighted by atomic mass is 16.5. The van der Waals surface area contributed by atoms with Gasteiger partial charge in [0.1, 0.15) is 12.4 Å². The van der Waals surface area contributed by atoms with E-state index in [-0.39, 0.29) is 5.56 Å². The molecular weight excluding hydrogens is 366 g/mol. The van der Waals surface area contributed by atoms with Crippen LogP contribution in [0.1, 0.15) is 23.0 Å². The number of carbonyl (C=O) groups is 3. The molecule has 28 heavy (non-hydrogen) atoms. The minimum atomic E-state index is -1.93. The molecule has 1 unspecified atom stereocenters. The molecule has 0 saturated carbocycles. The second-order valence-electron chi connectivity index (χ2n) is 6.27. The maximum atomic E-state index is 12.8. The number of likely N-dealkylation sites (N-methyl/N-ethyl adjacent to an activating group) is 2. The lowest BCUT2D eigenvalue weighted by molar-refractivity contribution is -0.148. The summed E-state index contributed by atoms with van der Waals surface area (Å²) < 4.78 is 10.4. The molecule has 1 atom stereocenters. The maximum absolute atomic E-state index is 12.8. The van der Waals surface area contributed by atoms with E-state index in [1.807, 2.05) is 6.07 Å². The monoisotopic (exact) mass is 389 g/mol. The summed E-state index contributed by atoms with van der Waals surface area (Å²) >= 11 is 0. The lowest BCUT2D eigenvalue weighted by Gasteiger charge is -2.34. The van der Waals surface area contributed by atoms with Gasteiger partial charge in [-0.3, -0.25) is 19.6 Å². The molecule has 1 aromatic carbocycles. The molecule has 2 rings (SSSR count). The van der Waals surface area contributed by atoms with Crippen molar-refractivity contribution in [2.45, 2.75) is 19.1 Å². The fourth-order valence-electron chi connectivity index (χ4n) is 2.71. The number of carbonyl (C=O) groups excluding carboxylic acids is 3. The third-order valence-corrected chi connectivity index (χ3v) is 4.59. The topological polar surface area (TPSA) is 121 Å². The number of benzene rings is 1. The van der Waals surface area contributed by atoms with Gasteiger partial charge in [-0.2, -0.15) is 0 Å². The molecule has 0 fully saturated rings. The molecular formula is C19H23N3O6. The van der Waals surface area contributed by atoms with Gasteiger partial charge in [-0.1, -0.05) is 12.1 Å². The van der Waals surface area contributed by atoms with Crippen molar-refractivity contribution in [3.63, 3.8) is 0 Å². The molecule has 0 radical (unpaired) electrons. The van der Waals surface area contributed by atoms with Crippen molar-refractivity contribution < 1.29 is 28.7 Å². The lowest BCUT2D eigenvalue weighted by atomic mass is 9.96. The largest absolute Gasteiger partial charge is 0.466 e. The first-order valence-electron chi connectivity index (χ1n) is 8.41.